The predicted molar refractivity (Wildman–Crippen MR) is 157 cm³/mol. The van der Waals surface area contributed by atoms with Crippen molar-refractivity contribution in [3.8, 4) is 0 Å². The molecule has 0 spiro atoms. The number of halogens is 1. The Bertz CT molecular complexity index is 1390. The number of anilines is 1. The van der Waals surface area contributed by atoms with Crippen molar-refractivity contribution in [1.82, 2.24) is 0 Å². The summed E-state index contributed by atoms with van der Waals surface area (Å²) in [7, 11) is 0. The van der Waals surface area contributed by atoms with Crippen LogP contribution < -0.4 is 11.3 Å². The van der Waals surface area contributed by atoms with Crippen LogP contribution in [0.2, 0.25) is 0 Å². The molecule has 0 bridgehead atoms. The molecule has 4 aromatic carbocycles. The maximum atomic E-state index is 11.3. The van der Waals surface area contributed by atoms with Crippen molar-refractivity contribution in [3.05, 3.63) is 137 Å². The monoisotopic (exact) mass is 508 g/mol. The SMILES string of the molecule is Cl.NNc1ccccc1.O=C1CCCc2ccccc21.c1ccc2c(c1)CCC1=C2Cc2ccccc21. The van der Waals surface area contributed by atoms with Gasteiger partial charge in [0.05, 0.1) is 0 Å². The first kappa shape index (κ1) is 26.4. The molecule has 4 heteroatoms. The second-order valence-corrected chi connectivity index (χ2v) is 9.39. The van der Waals surface area contributed by atoms with Crippen molar-refractivity contribution >= 4 is 35.0 Å². The van der Waals surface area contributed by atoms with Gasteiger partial charge in [0.1, 0.15) is 0 Å². The van der Waals surface area contributed by atoms with Gasteiger partial charge < -0.3 is 5.43 Å². The molecule has 3 aliphatic carbocycles. The molecule has 0 atom stereocenters. The van der Waals surface area contributed by atoms with E-state index >= 15 is 0 Å². The molecule has 3 N–H and O–H groups in total. The highest BCUT2D eigenvalue weighted by molar-refractivity contribution is 5.99. The number of hydrogen-bond acceptors (Lipinski definition) is 3. The Labute approximate surface area is 225 Å². The molecule has 0 aromatic heterocycles. The van der Waals surface area contributed by atoms with Gasteiger partial charge in [-0.15, -0.1) is 12.4 Å². The van der Waals surface area contributed by atoms with Crippen molar-refractivity contribution in [1.29, 1.82) is 0 Å². The fourth-order valence-electron chi connectivity index (χ4n) is 5.38. The number of aryl methyl sites for hydroxylation is 2. The number of hydrogen-bond donors (Lipinski definition) is 2. The third-order valence-electron chi connectivity index (χ3n) is 7.17. The lowest BCUT2D eigenvalue weighted by atomic mass is 9.86. The van der Waals surface area contributed by atoms with Crippen LogP contribution >= 0.6 is 12.4 Å². The predicted octanol–water partition coefficient (Wildman–Crippen LogP) is 7.70. The molecule has 37 heavy (non-hydrogen) atoms. The Balaban J connectivity index is 0.000000139. The third kappa shape index (κ3) is 6.02. The van der Waals surface area contributed by atoms with E-state index in [1.807, 2.05) is 54.6 Å². The van der Waals surface area contributed by atoms with Crippen LogP contribution in [0.4, 0.5) is 5.69 Å². The molecule has 0 amide bonds. The summed E-state index contributed by atoms with van der Waals surface area (Å²) in [4.78, 5) is 11.3. The smallest absolute Gasteiger partial charge is 0.163 e. The zero-order chi connectivity index (χ0) is 24.7. The normalized spacial score (nSPS) is 14.2. The van der Waals surface area contributed by atoms with E-state index in [9.17, 15) is 4.79 Å². The number of benzene rings is 4. The van der Waals surface area contributed by atoms with E-state index in [4.69, 9.17) is 5.84 Å². The molecule has 0 radical (unpaired) electrons. The highest BCUT2D eigenvalue weighted by Gasteiger charge is 2.26. The topological polar surface area (TPSA) is 55.1 Å². The fourth-order valence-corrected chi connectivity index (χ4v) is 5.38. The molecule has 0 heterocycles. The molecule has 7 rings (SSSR count). The Morgan fingerprint density at radius 1 is 0.541 bits per heavy atom. The van der Waals surface area contributed by atoms with Gasteiger partial charge in [-0.25, -0.2) is 0 Å². The van der Waals surface area contributed by atoms with Crippen LogP contribution in [0.25, 0.3) is 11.1 Å². The molecular formula is C33H33ClN2O. The van der Waals surface area contributed by atoms with Crippen molar-refractivity contribution < 1.29 is 4.79 Å². The van der Waals surface area contributed by atoms with E-state index in [1.54, 1.807) is 11.1 Å². The molecule has 3 nitrogen and oxygen atoms in total. The Hall–Kier alpha value is -3.66. The molecule has 188 valence electrons. The maximum absolute atomic E-state index is 11.3. The number of fused-ring (bicyclic) bond motifs is 5. The first-order chi connectivity index (χ1) is 17.7. The molecule has 3 aliphatic rings. The molecule has 0 saturated carbocycles. The molecule has 0 unspecified atom stereocenters. The summed E-state index contributed by atoms with van der Waals surface area (Å²) in [5.41, 5.74) is 14.8. The van der Waals surface area contributed by atoms with Crippen LogP contribution in [0.15, 0.2) is 103 Å². The van der Waals surface area contributed by atoms with Gasteiger partial charge in [0.25, 0.3) is 0 Å². The van der Waals surface area contributed by atoms with Crippen LogP contribution in [0.3, 0.4) is 0 Å². The van der Waals surface area contributed by atoms with E-state index in [1.165, 1.54) is 40.7 Å². The van der Waals surface area contributed by atoms with Gasteiger partial charge in [-0.05, 0) is 83.2 Å². The minimum atomic E-state index is 0. The molecule has 4 aromatic rings. The van der Waals surface area contributed by atoms with E-state index in [-0.39, 0.29) is 12.4 Å². The van der Waals surface area contributed by atoms with Crippen molar-refractivity contribution in [2.24, 2.45) is 5.84 Å². The quantitative estimate of drug-likeness (QED) is 0.204. The van der Waals surface area contributed by atoms with Crippen LogP contribution in [0, 0.1) is 0 Å². The van der Waals surface area contributed by atoms with Gasteiger partial charge in [-0.2, -0.15) is 0 Å². The van der Waals surface area contributed by atoms with Gasteiger partial charge in [0.15, 0.2) is 5.78 Å². The lowest BCUT2D eigenvalue weighted by Gasteiger charge is -2.18. The number of nitrogen functional groups attached to an aromatic ring is 1. The number of rotatable bonds is 1. The number of carbonyl (C=O) groups excluding carboxylic acids is 1. The van der Waals surface area contributed by atoms with Crippen molar-refractivity contribution in [2.45, 2.75) is 38.5 Å². The Morgan fingerprint density at radius 3 is 1.70 bits per heavy atom. The largest absolute Gasteiger partial charge is 0.324 e. The zero-order valence-corrected chi connectivity index (χ0v) is 21.8. The molecule has 0 aliphatic heterocycles. The van der Waals surface area contributed by atoms with Crippen molar-refractivity contribution in [2.75, 3.05) is 5.43 Å². The number of nitrogens with two attached hydrogens (primary N) is 1. The third-order valence-corrected chi connectivity index (χ3v) is 7.17. The first-order valence-electron chi connectivity index (χ1n) is 12.8. The number of allylic oxidation sites excluding steroid dienone is 2. The van der Waals surface area contributed by atoms with Gasteiger partial charge in [-0.3, -0.25) is 10.6 Å². The number of carbonyl (C=O) groups is 1. The van der Waals surface area contributed by atoms with Crippen molar-refractivity contribution in [3.63, 3.8) is 0 Å². The molecule has 0 fully saturated rings. The maximum Gasteiger partial charge on any atom is 0.163 e. The summed E-state index contributed by atoms with van der Waals surface area (Å²) in [6.07, 6.45) is 6.37. The van der Waals surface area contributed by atoms with Crippen LogP contribution in [0.1, 0.15) is 57.4 Å². The summed E-state index contributed by atoms with van der Waals surface area (Å²) >= 11 is 0. The number of hydrazine groups is 1. The van der Waals surface area contributed by atoms with Crippen LogP contribution in [-0.4, -0.2) is 5.78 Å². The van der Waals surface area contributed by atoms with Gasteiger partial charge in [-0.1, -0.05) is 91.0 Å². The minimum absolute atomic E-state index is 0. The van der Waals surface area contributed by atoms with Crippen LogP contribution in [-0.2, 0) is 19.3 Å². The van der Waals surface area contributed by atoms with Gasteiger partial charge >= 0.3 is 0 Å². The number of Topliss-reactive ketones (excluding diaryl/α,β-unsaturated/α-hetero) is 1. The highest BCUT2D eigenvalue weighted by atomic mass is 35.5. The number of para-hydroxylation sites is 1. The standard InChI is InChI=1S/C17H14.C10H10O.C6H8N2.ClH/c1-3-7-14-12(5-1)9-10-16-15-8-4-2-6-13(15)11-17(14)16;11-10-7-3-5-8-4-1-2-6-9(8)10;7-8-6-4-2-1-3-5-6;/h1-8H,9-11H2;1-2,4,6H,3,5,7H2;1-5,8H,7H2;1H. The number of ketones is 1. The van der Waals surface area contributed by atoms with E-state index in [2.05, 4.69) is 54.0 Å². The average Bonchev–Trinajstić information content (AvgIpc) is 3.34. The van der Waals surface area contributed by atoms with E-state index < -0.39 is 0 Å². The van der Waals surface area contributed by atoms with Gasteiger partial charge in [0, 0.05) is 17.7 Å². The van der Waals surface area contributed by atoms with E-state index in [0.29, 0.717) is 5.78 Å². The molecular weight excluding hydrogens is 476 g/mol. The lowest BCUT2D eigenvalue weighted by molar-refractivity contribution is 0.0972. The summed E-state index contributed by atoms with van der Waals surface area (Å²) in [6.45, 7) is 0. The lowest BCUT2D eigenvalue weighted by Crippen LogP contribution is -2.09. The molecule has 0 saturated heterocycles. The Kier molecular flexibility index (Phi) is 8.95. The second kappa shape index (κ2) is 12.5. The first-order valence-corrected chi connectivity index (χ1v) is 12.8. The number of nitrogens with one attached hydrogen (secondary N) is 1. The highest BCUT2D eigenvalue weighted by Crippen LogP contribution is 2.44. The zero-order valence-electron chi connectivity index (χ0n) is 21.0. The minimum Gasteiger partial charge on any atom is -0.324 e. The summed E-state index contributed by atoms with van der Waals surface area (Å²) in [5, 5.41) is 0. The Morgan fingerprint density at radius 2 is 1.08 bits per heavy atom. The summed E-state index contributed by atoms with van der Waals surface area (Å²) in [5.74, 6) is 5.41. The second-order valence-electron chi connectivity index (χ2n) is 9.39. The average molecular weight is 509 g/mol. The summed E-state index contributed by atoms with van der Waals surface area (Å²) < 4.78 is 0. The fraction of sp³-hybridized carbons (Fsp3) is 0.182. The van der Waals surface area contributed by atoms with Gasteiger partial charge in [0.2, 0.25) is 0 Å². The van der Waals surface area contributed by atoms with E-state index in [0.717, 1.165) is 36.9 Å². The van der Waals surface area contributed by atoms with Crippen LogP contribution in [0.5, 0.6) is 0 Å². The summed E-state index contributed by atoms with van der Waals surface area (Å²) in [6, 6.07) is 35.3.